The van der Waals surface area contributed by atoms with Crippen LogP contribution in [0.15, 0.2) is 18.2 Å². The molecule has 0 fully saturated rings. The van der Waals surface area contributed by atoms with Crippen molar-refractivity contribution in [2.24, 2.45) is 0 Å². The van der Waals surface area contributed by atoms with Crippen LogP contribution in [0.1, 0.15) is 16.7 Å². The van der Waals surface area contributed by atoms with Crippen molar-refractivity contribution >= 4 is 10.8 Å². The number of hydrogen-bond donors (Lipinski definition) is 1. The van der Waals surface area contributed by atoms with Crippen LogP contribution in [0.25, 0.3) is 0 Å². The molecule has 0 saturated heterocycles. The lowest BCUT2D eigenvalue weighted by Crippen LogP contribution is -2.20. The van der Waals surface area contributed by atoms with Gasteiger partial charge in [0.05, 0.1) is 0 Å². The van der Waals surface area contributed by atoms with E-state index in [-0.39, 0.29) is 0 Å². The van der Waals surface area contributed by atoms with E-state index in [1.54, 1.807) is 6.26 Å². The minimum absolute atomic E-state index is 0.696. The fourth-order valence-corrected chi connectivity index (χ4v) is 1.87. The first-order chi connectivity index (χ1) is 7.11. The van der Waals surface area contributed by atoms with Crippen molar-refractivity contribution in [3.8, 4) is 0 Å². The molecule has 0 spiro atoms. The first-order valence-electron chi connectivity index (χ1n) is 5.17. The molecular weight excluding hydrogens is 206 g/mol. The van der Waals surface area contributed by atoms with Crippen LogP contribution in [0.3, 0.4) is 0 Å². The highest BCUT2D eigenvalue weighted by atomic mass is 32.2. The average molecular weight is 225 g/mol. The lowest BCUT2D eigenvalue weighted by molar-refractivity contribution is 0.676. The summed E-state index contributed by atoms with van der Waals surface area (Å²) in [5.74, 6) is 0.727. The molecule has 0 aliphatic carbocycles. The fraction of sp³-hybridized carbons (Fsp3) is 0.500. The molecule has 0 aliphatic heterocycles. The van der Waals surface area contributed by atoms with Gasteiger partial charge in [0.15, 0.2) is 0 Å². The minimum Gasteiger partial charge on any atom is -0.312 e. The second-order valence-corrected chi connectivity index (χ2v) is 5.37. The minimum atomic E-state index is -0.696. The van der Waals surface area contributed by atoms with Crippen LogP contribution in [-0.2, 0) is 17.3 Å². The smallest absolute Gasteiger partial charge is 0.0357 e. The zero-order chi connectivity index (χ0) is 11.3. The van der Waals surface area contributed by atoms with Crippen LogP contribution < -0.4 is 5.32 Å². The topological polar surface area (TPSA) is 29.1 Å². The molecule has 0 bridgehead atoms. The van der Waals surface area contributed by atoms with Gasteiger partial charge in [-0.3, -0.25) is 4.21 Å². The molecule has 1 rings (SSSR count). The molecule has 3 heteroatoms. The lowest BCUT2D eigenvalue weighted by Gasteiger charge is -2.09. The molecule has 15 heavy (non-hydrogen) atoms. The quantitative estimate of drug-likeness (QED) is 0.774. The summed E-state index contributed by atoms with van der Waals surface area (Å²) in [5.41, 5.74) is 4.01. The van der Waals surface area contributed by atoms with Crippen LogP contribution in [0.5, 0.6) is 0 Å². The molecule has 84 valence electrons. The zero-order valence-corrected chi connectivity index (χ0v) is 10.5. The molecule has 1 N–H and O–H groups in total. The predicted molar refractivity (Wildman–Crippen MR) is 66.6 cm³/mol. The van der Waals surface area contributed by atoms with Gasteiger partial charge in [-0.25, -0.2) is 0 Å². The molecule has 2 nitrogen and oxygen atoms in total. The normalized spacial score (nSPS) is 12.7. The van der Waals surface area contributed by atoms with E-state index in [1.165, 1.54) is 16.7 Å². The maximum absolute atomic E-state index is 10.8. The Balaban J connectivity index is 2.44. The van der Waals surface area contributed by atoms with E-state index >= 15 is 0 Å². The SMILES string of the molecule is Cc1cccc(CNCCS(C)=O)c1C. The van der Waals surface area contributed by atoms with Crippen LogP contribution in [-0.4, -0.2) is 22.8 Å². The zero-order valence-electron chi connectivity index (χ0n) is 9.67. The lowest BCUT2D eigenvalue weighted by atomic mass is 10.0. The van der Waals surface area contributed by atoms with E-state index in [2.05, 4.69) is 37.4 Å². The highest BCUT2D eigenvalue weighted by molar-refractivity contribution is 7.84. The highest BCUT2D eigenvalue weighted by Gasteiger charge is 1.99. The van der Waals surface area contributed by atoms with Gasteiger partial charge in [-0.15, -0.1) is 0 Å². The standard InChI is InChI=1S/C12H19NOS/c1-10-5-4-6-12(11(10)2)9-13-7-8-15(3)14/h4-6,13H,7-9H2,1-3H3. The monoisotopic (exact) mass is 225 g/mol. The largest absolute Gasteiger partial charge is 0.312 e. The van der Waals surface area contributed by atoms with Gasteiger partial charge in [0, 0.05) is 35.9 Å². The number of hydrogen-bond acceptors (Lipinski definition) is 2. The fourth-order valence-electron chi connectivity index (χ4n) is 1.44. The molecule has 1 aromatic rings. The summed E-state index contributed by atoms with van der Waals surface area (Å²) in [6.07, 6.45) is 1.74. The Morgan fingerprint density at radius 2 is 2.07 bits per heavy atom. The van der Waals surface area contributed by atoms with E-state index < -0.39 is 10.8 Å². The Bertz CT molecular complexity index is 349. The Morgan fingerprint density at radius 1 is 1.33 bits per heavy atom. The molecule has 0 radical (unpaired) electrons. The Morgan fingerprint density at radius 3 is 2.73 bits per heavy atom. The summed E-state index contributed by atoms with van der Waals surface area (Å²) in [5, 5.41) is 3.31. The third-order valence-corrected chi connectivity index (χ3v) is 3.38. The van der Waals surface area contributed by atoms with E-state index in [9.17, 15) is 4.21 Å². The predicted octanol–water partition coefficient (Wildman–Crippen LogP) is 1.77. The van der Waals surface area contributed by atoms with Gasteiger partial charge in [0.25, 0.3) is 0 Å². The molecule has 0 aromatic heterocycles. The number of nitrogens with one attached hydrogen (secondary N) is 1. The van der Waals surface area contributed by atoms with Gasteiger partial charge in [-0.05, 0) is 30.5 Å². The number of aryl methyl sites for hydroxylation is 1. The van der Waals surface area contributed by atoms with Crippen molar-refractivity contribution in [3.05, 3.63) is 34.9 Å². The van der Waals surface area contributed by atoms with E-state index in [4.69, 9.17) is 0 Å². The maximum Gasteiger partial charge on any atom is 0.0357 e. The Hall–Kier alpha value is -0.670. The Labute approximate surface area is 94.5 Å². The van der Waals surface area contributed by atoms with E-state index in [0.717, 1.165) is 18.8 Å². The molecule has 1 aromatic carbocycles. The van der Waals surface area contributed by atoms with E-state index in [1.807, 2.05) is 0 Å². The second-order valence-electron chi connectivity index (χ2n) is 3.81. The summed E-state index contributed by atoms with van der Waals surface area (Å²) in [6, 6.07) is 6.34. The molecule has 0 aliphatic rings. The maximum atomic E-state index is 10.8. The molecular formula is C12H19NOS. The number of benzene rings is 1. The third-order valence-electron chi connectivity index (χ3n) is 2.60. The van der Waals surface area contributed by atoms with Gasteiger partial charge >= 0.3 is 0 Å². The van der Waals surface area contributed by atoms with E-state index in [0.29, 0.717) is 0 Å². The highest BCUT2D eigenvalue weighted by Crippen LogP contribution is 2.11. The number of rotatable bonds is 5. The molecule has 0 amide bonds. The van der Waals surface area contributed by atoms with Crippen molar-refractivity contribution in [2.75, 3.05) is 18.6 Å². The van der Waals surface area contributed by atoms with Gasteiger partial charge in [0.2, 0.25) is 0 Å². The molecule has 0 saturated carbocycles. The van der Waals surface area contributed by atoms with Crippen molar-refractivity contribution in [1.82, 2.24) is 5.32 Å². The van der Waals surface area contributed by atoms with Gasteiger partial charge in [0.1, 0.15) is 0 Å². The van der Waals surface area contributed by atoms with Crippen molar-refractivity contribution in [3.63, 3.8) is 0 Å². The summed E-state index contributed by atoms with van der Waals surface area (Å²) in [6.45, 7) is 5.95. The van der Waals surface area contributed by atoms with Crippen LogP contribution in [0, 0.1) is 13.8 Å². The summed E-state index contributed by atoms with van der Waals surface area (Å²) in [4.78, 5) is 0. The van der Waals surface area contributed by atoms with Crippen LogP contribution in [0.4, 0.5) is 0 Å². The molecule has 1 atom stereocenters. The van der Waals surface area contributed by atoms with Gasteiger partial charge < -0.3 is 5.32 Å². The third kappa shape index (κ3) is 4.14. The summed E-state index contributed by atoms with van der Waals surface area (Å²) < 4.78 is 10.8. The van der Waals surface area contributed by atoms with Crippen molar-refractivity contribution in [2.45, 2.75) is 20.4 Å². The average Bonchev–Trinajstić information content (AvgIpc) is 2.18. The first-order valence-corrected chi connectivity index (χ1v) is 6.90. The summed E-state index contributed by atoms with van der Waals surface area (Å²) >= 11 is 0. The molecule has 0 heterocycles. The second kappa shape index (κ2) is 6.03. The van der Waals surface area contributed by atoms with Crippen LogP contribution in [0.2, 0.25) is 0 Å². The Kier molecular flexibility index (Phi) is 4.99. The summed E-state index contributed by atoms with van der Waals surface area (Å²) in [7, 11) is -0.696. The molecule has 1 unspecified atom stereocenters. The van der Waals surface area contributed by atoms with Crippen molar-refractivity contribution in [1.29, 1.82) is 0 Å². The first kappa shape index (κ1) is 12.4. The van der Waals surface area contributed by atoms with Gasteiger partial charge in [-0.2, -0.15) is 0 Å². The van der Waals surface area contributed by atoms with Crippen LogP contribution >= 0.6 is 0 Å². The van der Waals surface area contributed by atoms with Gasteiger partial charge in [-0.1, -0.05) is 18.2 Å². The van der Waals surface area contributed by atoms with Crippen molar-refractivity contribution < 1.29 is 4.21 Å².